The second-order valence-electron chi connectivity index (χ2n) is 5.80. The Kier molecular flexibility index (Phi) is 3.88. The summed E-state index contributed by atoms with van der Waals surface area (Å²) in [6.45, 7) is 4.00. The Balaban J connectivity index is 1.95. The molecule has 1 aliphatic heterocycles. The number of aromatic nitrogens is 1. The Hall–Kier alpha value is -2.30. The zero-order valence-electron chi connectivity index (χ0n) is 12.7. The van der Waals surface area contributed by atoms with Gasteiger partial charge < -0.3 is 14.6 Å². The number of nitrogens with zero attached hydrogens (tertiary/aromatic N) is 2. The van der Waals surface area contributed by atoms with E-state index in [0.29, 0.717) is 18.5 Å². The molecule has 1 fully saturated rings. The molecule has 3 rings (SSSR count). The first-order valence-electron chi connectivity index (χ1n) is 7.71. The lowest BCUT2D eigenvalue weighted by atomic mass is 9.97. The summed E-state index contributed by atoms with van der Waals surface area (Å²) in [6, 6.07) is 7.71. The van der Waals surface area contributed by atoms with Gasteiger partial charge in [0, 0.05) is 36.9 Å². The summed E-state index contributed by atoms with van der Waals surface area (Å²) >= 11 is 0. The van der Waals surface area contributed by atoms with Crippen LogP contribution in [0.3, 0.4) is 0 Å². The predicted molar refractivity (Wildman–Crippen MR) is 86.5 cm³/mol. The minimum atomic E-state index is -0.726. The number of carboxylic acids is 1. The standard InChI is InChI=1S/C17H20N2O3/c1-2-18-9-7-12-10-14(5-6-15(12)16(18)20)19-8-3-4-13(11-19)17(21)22/h5-7,9-10,13H,2-4,8,11H2,1H3,(H,21,22). The van der Waals surface area contributed by atoms with Crippen LogP contribution in [0.5, 0.6) is 0 Å². The zero-order chi connectivity index (χ0) is 15.7. The molecule has 5 nitrogen and oxygen atoms in total. The first-order valence-corrected chi connectivity index (χ1v) is 7.71. The van der Waals surface area contributed by atoms with Crippen molar-refractivity contribution in [2.75, 3.05) is 18.0 Å². The van der Waals surface area contributed by atoms with Gasteiger partial charge in [-0.3, -0.25) is 9.59 Å². The van der Waals surface area contributed by atoms with Crippen molar-refractivity contribution in [2.45, 2.75) is 26.3 Å². The van der Waals surface area contributed by atoms with Crippen LogP contribution in [0.25, 0.3) is 10.8 Å². The van der Waals surface area contributed by atoms with Crippen LogP contribution in [0.1, 0.15) is 19.8 Å². The molecule has 0 bridgehead atoms. The summed E-state index contributed by atoms with van der Waals surface area (Å²) in [5.74, 6) is -1.03. The van der Waals surface area contributed by atoms with Crippen molar-refractivity contribution in [3.63, 3.8) is 0 Å². The number of benzene rings is 1. The van der Waals surface area contributed by atoms with Crippen molar-refractivity contribution in [3.05, 3.63) is 40.8 Å². The fourth-order valence-corrected chi connectivity index (χ4v) is 3.13. The van der Waals surface area contributed by atoms with Crippen molar-refractivity contribution in [1.29, 1.82) is 0 Å². The number of hydrogen-bond donors (Lipinski definition) is 1. The summed E-state index contributed by atoms with van der Waals surface area (Å²) in [5.41, 5.74) is 1.01. The normalized spacial score (nSPS) is 18.6. The lowest BCUT2D eigenvalue weighted by molar-refractivity contribution is -0.141. The number of hydrogen-bond acceptors (Lipinski definition) is 3. The van der Waals surface area contributed by atoms with Crippen molar-refractivity contribution < 1.29 is 9.90 Å². The maximum absolute atomic E-state index is 12.3. The highest BCUT2D eigenvalue weighted by Crippen LogP contribution is 2.25. The van der Waals surface area contributed by atoms with Gasteiger partial charge >= 0.3 is 5.97 Å². The van der Waals surface area contributed by atoms with Gasteiger partial charge in [-0.2, -0.15) is 0 Å². The van der Waals surface area contributed by atoms with Crippen molar-refractivity contribution in [3.8, 4) is 0 Å². The number of rotatable bonds is 3. The third kappa shape index (κ3) is 2.58. The molecule has 5 heteroatoms. The van der Waals surface area contributed by atoms with E-state index in [-0.39, 0.29) is 11.5 Å². The highest BCUT2D eigenvalue weighted by molar-refractivity contribution is 5.85. The number of aryl methyl sites for hydroxylation is 1. The van der Waals surface area contributed by atoms with Crippen LogP contribution in [0.4, 0.5) is 5.69 Å². The topological polar surface area (TPSA) is 62.5 Å². The Labute approximate surface area is 128 Å². The second-order valence-corrected chi connectivity index (χ2v) is 5.80. The molecule has 1 atom stereocenters. The van der Waals surface area contributed by atoms with Gasteiger partial charge in [0.1, 0.15) is 0 Å². The average molecular weight is 300 g/mol. The monoisotopic (exact) mass is 300 g/mol. The molecule has 0 radical (unpaired) electrons. The highest BCUT2D eigenvalue weighted by Gasteiger charge is 2.25. The Bertz CT molecular complexity index is 766. The van der Waals surface area contributed by atoms with Crippen LogP contribution in [-0.4, -0.2) is 28.7 Å². The number of piperidine rings is 1. The maximum Gasteiger partial charge on any atom is 0.308 e. The molecule has 1 aromatic heterocycles. The van der Waals surface area contributed by atoms with Crippen molar-refractivity contribution in [1.82, 2.24) is 4.57 Å². The van der Waals surface area contributed by atoms with Crippen molar-refractivity contribution >= 4 is 22.4 Å². The summed E-state index contributed by atoms with van der Waals surface area (Å²) in [7, 11) is 0. The van der Waals surface area contributed by atoms with Crippen LogP contribution in [0.15, 0.2) is 35.3 Å². The Morgan fingerprint density at radius 1 is 1.36 bits per heavy atom. The first kappa shape index (κ1) is 14.6. The third-order valence-electron chi connectivity index (χ3n) is 4.44. The SMILES string of the molecule is CCn1ccc2cc(N3CCCC(C(=O)O)C3)ccc2c1=O. The van der Waals surface area contributed by atoms with Gasteiger partial charge in [0.05, 0.1) is 5.92 Å². The van der Waals surface area contributed by atoms with E-state index >= 15 is 0 Å². The maximum atomic E-state index is 12.3. The smallest absolute Gasteiger partial charge is 0.308 e. The molecule has 1 N–H and O–H groups in total. The largest absolute Gasteiger partial charge is 0.481 e. The number of carboxylic acid groups (broad SMARTS) is 1. The van der Waals surface area contributed by atoms with E-state index in [0.717, 1.165) is 30.5 Å². The average Bonchev–Trinajstić information content (AvgIpc) is 2.55. The van der Waals surface area contributed by atoms with E-state index in [1.165, 1.54) is 0 Å². The fourth-order valence-electron chi connectivity index (χ4n) is 3.13. The molecule has 2 aromatic rings. The van der Waals surface area contributed by atoms with Gasteiger partial charge in [-0.15, -0.1) is 0 Å². The van der Waals surface area contributed by atoms with Crippen LogP contribution < -0.4 is 10.5 Å². The number of pyridine rings is 1. The van der Waals surface area contributed by atoms with Crippen LogP contribution in [0, 0.1) is 5.92 Å². The van der Waals surface area contributed by atoms with E-state index in [2.05, 4.69) is 4.90 Å². The quantitative estimate of drug-likeness (QED) is 0.945. The molecule has 1 aromatic carbocycles. The van der Waals surface area contributed by atoms with E-state index in [1.807, 2.05) is 37.4 Å². The van der Waals surface area contributed by atoms with Gasteiger partial charge in [0.15, 0.2) is 0 Å². The first-order chi connectivity index (χ1) is 10.6. The number of fused-ring (bicyclic) bond motifs is 1. The summed E-state index contributed by atoms with van der Waals surface area (Å²) in [5, 5.41) is 10.8. The summed E-state index contributed by atoms with van der Waals surface area (Å²) in [4.78, 5) is 25.6. The Morgan fingerprint density at radius 3 is 2.91 bits per heavy atom. The number of anilines is 1. The molecule has 0 spiro atoms. The molecule has 0 saturated carbocycles. The molecular formula is C17H20N2O3. The number of carbonyl (C=O) groups is 1. The van der Waals surface area contributed by atoms with E-state index in [1.54, 1.807) is 4.57 Å². The summed E-state index contributed by atoms with van der Waals surface area (Å²) in [6.07, 6.45) is 3.43. The molecule has 1 aliphatic rings. The lowest BCUT2D eigenvalue weighted by Crippen LogP contribution is -2.38. The molecule has 1 saturated heterocycles. The van der Waals surface area contributed by atoms with E-state index in [4.69, 9.17) is 0 Å². The molecule has 2 heterocycles. The summed E-state index contributed by atoms with van der Waals surface area (Å²) < 4.78 is 1.68. The molecule has 22 heavy (non-hydrogen) atoms. The van der Waals surface area contributed by atoms with Gasteiger partial charge in [-0.25, -0.2) is 0 Å². The molecular weight excluding hydrogens is 280 g/mol. The predicted octanol–water partition coefficient (Wildman–Crippen LogP) is 2.32. The van der Waals surface area contributed by atoms with Crippen LogP contribution in [0.2, 0.25) is 0 Å². The van der Waals surface area contributed by atoms with Gasteiger partial charge in [0.25, 0.3) is 5.56 Å². The van der Waals surface area contributed by atoms with Gasteiger partial charge in [0.2, 0.25) is 0 Å². The van der Waals surface area contributed by atoms with Gasteiger partial charge in [-0.1, -0.05) is 0 Å². The highest BCUT2D eigenvalue weighted by atomic mass is 16.4. The molecule has 0 aliphatic carbocycles. The molecule has 116 valence electrons. The zero-order valence-corrected chi connectivity index (χ0v) is 12.7. The lowest BCUT2D eigenvalue weighted by Gasteiger charge is -2.32. The molecule has 1 unspecified atom stereocenters. The van der Waals surface area contributed by atoms with Crippen molar-refractivity contribution in [2.24, 2.45) is 5.92 Å². The van der Waals surface area contributed by atoms with E-state index in [9.17, 15) is 14.7 Å². The minimum absolute atomic E-state index is 0.0219. The van der Waals surface area contributed by atoms with Gasteiger partial charge in [-0.05, 0) is 49.4 Å². The fraction of sp³-hybridized carbons (Fsp3) is 0.412. The second kappa shape index (κ2) is 5.83. The Morgan fingerprint density at radius 2 is 2.18 bits per heavy atom. The van der Waals surface area contributed by atoms with Crippen LogP contribution in [-0.2, 0) is 11.3 Å². The third-order valence-corrected chi connectivity index (χ3v) is 4.44. The minimum Gasteiger partial charge on any atom is -0.481 e. The van der Waals surface area contributed by atoms with E-state index < -0.39 is 5.97 Å². The van der Waals surface area contributed by atoms with Crippen LogP contribution >= 0.6 is 0 Å². The molecule has 0 amide bonds. The number of aliphatic carboxylic acids is 1.